The number of carbonyl (C=O) groups excluding carboxylic acids is 4. The summed E-state index contributed by atoms with van der Waals surface area (Å²) in [6, 6.07) is 9.28. The second-order valence-corrected chi connectivity index (χ2v) is 17.4. The third-order valence-corrected chi connectivity index (χ3v) is 12.6. The first kappa shape index (κ1) is 36.6. The van der Waals surface area contributed by atoms with Crippen LogP contribution in [-0.4, -0.2) is 84.7 Å². The number of carbonyl (C=O) groups is 4. The maximum atomic E-state index is 14.7. The van der Waals surface area contributed by atoms with E-state index in [2.05, 4.69) is 26.9 Å². The number of aromatic nitrogens is 1. The quantitative estimate of drug-likeness (QED) is 0.239. The third-order valence-electron chi connectivity index (χ3n) is 10.8. The summed E-state index contributed by atoms with van der Waals surface area (Å²) in [6.07, 6.45) is 7.00. The van der Waals surface area contributed by atoms with Gasteiger partial charge in [0.1, 0.15) is 29.3 Å². The SMILES string of the molecule is C=C[C@@H]1C[C@]1(NC(=O)[C@@H]1C[C@@](OC)(c2ccc(-c3ccc[nH]3)cc2)CN1C(=O)[C@@H](NC(=O)OC1CCCC1)C(C)(C)C)C(=O)NS(=O)(=O)C1CC1. The Morgan fingerprint density at radius 1 is 1.04 bits per heavy atom. The average Bonchev–Trinajstić information content (AvgIpc) is 3.84. The van der Waals surface area contributed by atoms with E-state index in [1.165, 1.54) is 18.1 Å². The molecule has 1 saturated heterocycles. The van der Waals surface area contributed by atoms with Gasteiger partial charge in [-0.25, -0.2) is 13.2 Å². The zero-order valence-electron chi connectivity index (χ0n) is 29.7. The van der Waals surface area contributed by atoms with E-state index in [9.17, 15) is 27.6 Å². The predicted octanol–water partition coefficient (Wildman–Crippen LogP) is 3.88. The molecule has 0 spiro atoms. The fraction of sp³-hybridized carbons (Fsp3) is 0.568. The highest BCUT2D eigenvalue weighted by Gasteiger charge is 2.62. The van der Waals surface area contributed by atoms with Crippen molar-refractivity contribution in [3.8, 4) is 11.3 Å². The monoisotopic (exact) mass is 723 g/mol. The number of alkyl carbamates (subject to hydrolysis) is 1. The van der Waals surface area contributed by atoms with Crippen molar-refractivity contribution >= 4 is 33.8 Å². The molecule has 0 unspecified atom stereocenters. The van der Waals surface area contributed by atoms with E-state index in [4.69, 9.17) is 9.47 Å². The minimum absolute atomic E-state index is 0.0309. The largest absolute Gasteiger partial charge is 0.446 e. The third kappa shape index (κ3) is 7.43. The van der Waals surface area contributed by atoms with Crippen LogP contribution < -0.4 is 15.4 Å². The number of hydrogen-bond donors (Lipinski definition) is 4. The molecule has 4 fully saturated rings. The Balaban J connectivity index is 1.31. The van der Waals surface area contributed by atoms with Crippen molar-refractivity contribution in [2.75, 3.05) is 13.7 Å². The molecule has 5 atom stereocenters. The van der Waals surface area contributed by atoms with Gasteiger partial charge in [0.25, 0.3) is 5.91 Å². The minimum Gasteiger partial charge on any atom is -0.446 e. The maximum Gasteiger partial charge on any atom is 0.408 e. The molecular weight excluding hydrogens is 675 g/mol. The van der Waals surface area contributed by atoms with Gasteiger partial charge >= 0.3 is 6.09 Å². The van der Waals surface area contributed by atoms with Gasteiger partial charge in [-0.05, 0) is 73.6 Å². The molecule has 51 heavy (non-hydrogen) atoms. The molecule has 3 aliphatic carbocycles. The molecule has 13 nitrogen and oxygen atoms in total. The summed E-state index contributed by atoms with van der Waals surface area (Å²) >= 11 is 0. The number of aromatic amines is 1. The minimum atomic E-state index is -3.89. The molecule has 276 valence electrons. The van der Waals surface area contributed by atoms with Crippen LogP contribution in [0.25, 0.3) is 11.3 Å². The highest BCUT2D eigenvalue weighted by atomic mass is 32.2. The first-order chi connectivity index (χ1) is 24.1. The number of amides is 4. The number of benzene rings is 1. The van der Waals surface area contributed by atoms with Crippen molar-refractivity contribution in [1.82, 2.24) is 25.2 Å². The highest BCUT2D eigenvalue weighted by Crippen LogP contribution is 2.47. The topological polar surface area (TPSA) is 176 Å². The van der Waals surface area contributed by atoms with Crippen LogP contribution in [0.3, 0.4) is 0 Å². The van der Waals surface area contributed by atoms with Crippen LogP contribution in [0.15, 0.2) is 55.3 Å². The van der Waals surface area contributed by atoms with Gasteiger partial charge < -0.3 is 30.0 Å². The molecule has 0 bridgehead atoms. The summed E-state index contributed by atoms with van der Waals surface area (Å²) in [6.45, 7) is 9.21. The van der Waals surface area contributed by atoms with Gasteiger partial charge in [-0.3, -0.25) is 19.1 Å². The van der Waals surface area contributed by atoms with E-state index >= 15 is 0 Å². The van der Waals surface area contributed by atoms with Crippen LogP contribution in [0.2, 0.25) is 0 Å². The molecule has 4 N–H and O–H groups in total. The zero-order chi connectivity index (χ0) is 36.8. The summed E-state index contributed by atoms with van der Waals surface area (Å²) in [4.78, 5) is 60.3. The molecule has 1 aromatic carbocycles. The second kappa shape index (κ2) is 13.8. The zero-order valence-corrected chi connectivity index (χ0v) is 30.5. The van der Waals surface area contributed by atoms with Gasteiger partial charge in [0.05, 0.1) is 11.8 Å². The van der Waals surface area contributed by atoms with E-state index in [1.54, 1.807) is 0 Å². The van der Waals surface area contributed by atoms with Crippen molar-refractivity contribution in [3.63, 3.8) is 0 Å². The number of H-pyrrole nitrogens is 1. The number of ether oxygens (including phenoxy) is 2. The summed E-state index contributed by atoms with van der Waals surface area (Å²) in [7, 11) is -2.37. The summed E-state index contributed by atoms with van der Waals surface area (Å²) in [5.41, 5.74) is -0.876. The molecule has 2 aromatic rings. The maximum absolute atomic E-state index is 14.7. The molecule has 4 amide bonds. The first-order valence-corrected chi connectivity index (χ1v) is 19.2. The molecule has 2 heterocycles. The standard InChI is InChI=1S/C37H49N5O8S/c1-6-24-20-37(24,33(45)41-51(47,48)27-17-18-27)40-31(43)29-21-36(49-5,25-15-13-23(14-16-25)28-12-9-19-38-28)22-42(29)32(44)30(35(2,3)4)39-34(46)50-26-10-7-8-11-26/h6,9,12-16,19,24,26-27,29-30,38H,1,7-8,10-11,17-18,20-22H2,2-5H3,(H,39,46)(H,40,43)(H,41,45)/t24-,29+,30-,36+,37-/m1/s1. The lowest BCUT2D eigenvalue weighted by atomic mass is 9.85. The van der Waals surface area contributed by atoms with Crippen molar-refractivity contribution in [1.29, 1.82) is 0 Å². The van der Waals surface area contributed by atoms with Gasteiger partial charge in [0.15, 0.2) is 0 Å². The van der Waals surface area contributed by atoms with E-state index in [0.717, 1.165) is 42.5 Å². The summed E-state index contributed by atoms with van der Waals surface area (Å²) < 4.78 is 39.4. The van der Waals surface area contributed by atoms with Gasteiger partial charge in [0.2, 0.25) is 21.8 Å². The Kier molecular flexibility index (Phi) is 9.88. The van der Waals surface area contributed by atoms with Crippen LogP contribution in [0.5, 0.6) is 0 Å². The molecule has 1 aliphatic heterocycles. The number of likely N-dealkylation sites (tertiary alicyclic amines) is 1. The Bertz CT molecular complexity index is 1760. The summed E-state index contributed by atoms with van der Waals surface area (Å²) in [5, 5.41) is 4.99. The van der Waals surface area contributed by atoms with Crippen molar-refractivity contribution in [2.24, 2.45) is 11.3 Å². The number of rotatable bonds is 12. The van der Waals surface area contributed by atoms with E-state index < -0.39 is 73.6 Å². The van der Waals surface area contributed by atoms with Crippen LogP contribution in [0.1, 0.15) is 77.7 Å². The van der Waals surface area contributed by atoms with E-state index in [1.807, 2.05) is 63.4 Å². The summed E-state index contributed by atoms with van der Waals surface area (Å²) in [5.74, 6) is -2.50. The van der Waals surface area contributed by atoms with Gasteiger partial charge in [-0.2, -0.15) is 0 Å². The van der Waals surface area contributed by atoms with Crippen molar-refractivity contribution in [3.05, 3.63) is 60.8 Å². The highest BCUT2D eigenvalue weighted by molar-refractivity contribution is 7.91. The fourth-order valence-electron chi connectivity index (χ4n) is 7.42. The van der Waals surface area contributed by atoms with E-state index in [-0.39, 0.29) is 25.5 Å². The van der Waals surface area contributed by atoms with Crippen LogP contribution >= 0.6 is 0 Å². The molecule has 1 aromatic heterocycles. The van der Waals surface area contributed by atoms with Gasteiger partial charge in [-0.15, -0.1) is 6.58 Å². The molecular formula is C37H49N5O8S. The van der Waals surface area contributed by atoms with Gasteiger partial charge in [-0.1, -0.05) is 51.1 Å². The van der Waals surface area contributed by atoms with Crippen molar-refractivity contribution in [2.45, 2.75) is 107 Å². The smallest absolute Gasteiger partial charge is 0.408 e. The number of methoxy groups -OCH3 is 1. The lowest BCUT2D eigenvalue weighted by molar-refractivity contribution is -0.143. The number of sulfonamides is 1. The van der Waals surface area contributed by atoms with Crippen LogP contribution in [-0.2, 0) is 39.5 Å². The first-order valence-electron chi connectivity index (χ1n) is 17.7. The number of hydrogen-bond acceptors (Lipinski definition) is 8. The number of nitrogens with zero attached hydrogens (tertiary/aromatic N) is 1. The average molecular weight is 724 g/mol. The Morgan fingerprint density at radius 2 is 1.73 bits per heavy atom. The molecule has 3 saturated carbocycles. The second-order valence-electron chi connectivity index (χ2n) is 15.5. The molecule has 14 heteroatoms. The van der Waals surface area contributed by atoms with Crippen LogP contribution in [0, 0.1) is 11.3 Å². The molecule has 4 aliphatic rings. The normalized spacial score (nSPS) is 27.0. The molecule has 6 rings (SSSR count). The molecule has 0 radical (unpaired) electrons. The van der Waals surface area contributed by atoms with E-state index in [0.29, 0.717) is 12.8 Å². The lowest BCUT2D eigenvalue weighted by Gasteiger charge is -2.36. The number of nitrogens with one attached hydrogen (secondary N) is 4. The Morgan fingerprint density at radius 3 is 2.27 bits per heavy atom. The van der Waals surface area contributed by atoms with Crippen LogP contribution in [0.4, 0.5) is 4.79 Å². The van der Waals surface area contributed by atoms with Gasteiger partial charge in [0, 0.05) is 31.3 Å². The lowest BCUT2D eigenvalue weighted by Crippen LogP contribution is -2.60. The Hall–Kier alpha value is -4.17. The Labute approximate surface area is 299 Å². The predicted molar refractivity (Wildman–Crippen MR) is 189 cm³/mol. The van der Waals surface area contributed by atoms with Crippen molar-refractivity contribution < 1.29 is 37.1 Å². The fourth-order valence-corrected chi connectivity index (χ4v) is 8.78.